The van der Waals surface area contributed by atoms with E-state index in [2.05, 4.69) is 40.4 Å². The summed E-state index contributed by atoms with van der Waals surface area (Å²) in [6.07, 6.45) is 2.60. The fraction of sp³-hybridized carbons (Fsp3) is 0.500. The smallest absolute Gasteiger partial charge is 0.281 e. The zero-order valence-electron chi connectivity index (χ0n) is 18.8. The third-order valence-corrected chi connectivity index (χ3v) is 7.51. The van der Waals surface area contributed by atoms with Crippen LogP contribution in [0.3, 0.4) is 0 Å². The molecule has 9 heteroatoms. The van der Waals surface area contributed by atoms with Crippen molar-refractivity contribution < 1.29 is 13.2 Å². The Hall–Kier alpha value is -2.68. The van der Waals surface area contributed by atoms with Crippen LogP contribution in [0.25, 0.3) is 0 Å². The van der Waals surface area contributed by atoms with E-state index in [1.165, 1.54) is 6.07 Å². The second-order valence-electron chi connectivity index (χ2n) is 8.31. The Balaban J connectivity index is 1.90. The van der Waals surface area contributed by atoms with Gasteiger partial charge in [-0.3, -0.25) is 4.79 Å². The molecule has 1 atom stereocenters. The van der Waals surface area contributed by atoms with Gasteiger partial charge in [-0.25, -0.2) is 14.7 Å². The molecule has 0 saturated carbocycles. The average molecular weight is 446 g/mol. The van der Waals surface area contributed by atoms with Crippen molar-refractivity contribution in [2.24, 2.45) is 5.92 Å². The number of amides is 1. The second kappa shape index (κ2) is 8.82. The van der Waals surface area contributed by atoms with Crippen LogP contribution >= 0.6 is 0 Å². The standard InChI is InChI=1S/C22H31N5O3S/c1-6-26(7-2)18-11-8-12-19(24-18)31(29,30)25-21(28)17-10-9-14-23-20(17)27-15-13-16(3)22(27,4)5/h8-12,14,16H,6-7,13,15H2,1-5H3,(H,25,28). The van der Waals surface area contributed by atoms with E-state index in [1.807, 2.05) is 18.7 Å². The third kappa shape index (κ3) is 4.51. The molecule has 1 N–H and O–H groups in total. The summed E-state index contributed by atoms with van der Waals surface area (Å²) in [4.78, 5) is 25.7. The largest absolute Gasteiger partial charge is 0.357 e. The van der Waals surface area contributed by atoms with Crippen molar-refractivity contribution in [3.8, 4) is 0 Å². The average Bonchev–Trinajstić information content (AvgIpc) is 3.01. The van der Waals surface area contributed by atoms with E-state index < -0.39 is 15.9 Å². The quantitative estimate of drug-likeness (QED) is 0.700. The van der Waals surface area contributed by atoms with Crippen LogP contribution < -0.4 is 14.5 Å². The molecule has 0 radical (unpaired) electrons. The Morgan fingerprint density at radius 1 is 1.23 bits per heavy atom. The number of pyridine rings is 2. The van der Waals surface area contributed by atoms with E-state index in [-0.39, 0.29) is 16.1 Å². The number of rotatable bonds is 7. The number of hydrogen-bond donors (Lipinski definition) is 1. The van der Waals surface area contributed by atoms with E-state index in [0.717, 1.165) is 13.0 Å². The maximum atomic E-state index is 13.0. The summed E-state index contributed by atoms with van der Waals surface area (Å²) in [5, 5.41) is -0.189. The Bertz CT molecular complexity index is 1050. The fourth-order valence-electron chi connectivity index (χ4n) is 3.90. The van der Waals surface area contributed by atoms with Crippen molar-refractivity contribution in [3.05, 3.63) is 42.1 Å². The van der Waals surface area contributed by atoms with E-state index in [0.29, 0.717) is 30.6 Å². The van der Waals surface area contributed by atoms with E-state index in [4.69, 9.17) is 0 Å². The van der Waals surface area contributed by atoms with Crippen molar-refractivity contribution in [1.82, 2.24) is 14.7 Å². The van der Waals surface area contributed by atoms with Gasteiger partial charge in [0.15, 0.2) is 5.03 Å². The number of sulfonamides is 1. The van der Waals surface area contributed by atoms with Crippen LogP contribution in [0.4, 0.5) is 11.6 Å². The highest BCUT2D eigenvalue weighted by Crippen LogP contribution is 2.38. The summed E-state index contributed by atoms with van der Waals surface area (Å²) in [7, 11) is -4.14. The molecule has 2 aromatic rings. The molecule has 0 aromatic carbocycles. The van der Waals surface area contributed by atoms with Crippen molar-refractivity contribution in [2.75, 3.05) is 29.4 Å². The summed E-state index contributed by atoms with van der Waals surface area (Å²) < 4.78 is 28.0. The van der Waals surface area contributed by atoms with Crippen molar-refractivity contribution in [1.29, 1.82) is 0 Å². The highest BCUT2D eigenvalue weighted by molar-refractivity contribution is 7.90. The summed E-state index contributed by atoms with van der Waals surface area (Å²) >= 11 is 0. The lowest BCUT2D eigenvalue weighted by Crippen LogP contribution is -2.43. The molecule has 1 fully saturated rings. The van der Waals surface area contributed by atoms with E-state index >= 15 is 0 Å². The molecule has 1 saturated heterocycles. The first-order valence-electron chi connectivity index (χ1n) is 10.6. The molecule has 1 unspecified atom stereocenters. The molecule has 8 nitrogen and oxygen atoms in total. The van der Waals surface area contributed by atoms with Gasteiger partial charge in [0.1, 0.15) is 11.6 Å². The molecule has 0 aliphatic carbocycles. The molecular formula is C22H31N5O3S. The lowest BCUT2D eigenvalue weighted by atomic mass is 9.90. The zero-order valence-corrected chi connectivity index (χ0v) is 19.6. The van der Waals surface area contributed by atoms with E-state index in [1.54, 1.807) is 30.5 Å². The predicted molar refractivity (Wildman–Crippen MR) is 122 cm³/mol. The minimum atomic E-state index is -4.14. The Kier molecular flexibility index (Phi) is 6.54. The second-order valence-corrected chi connectivity index (χ2v) is 9.94. The van der Waals surface area contributed by atoms with Crippen LogP contribution in [0.5, 0.6) is 0 Å². The minimum Gasteiger partial charge on any atom is -0.357 e. The highest BCUT2D eigenvalue weighted by Gasteiger charge is 2.40. The molecule has 0 bridgehead atoms. The summed E-state index contributed by atoms with van der Waals surface area (Å²) in [5.74, 6) is 0.749. The minimum absolute atomic E-state index is 0.189. The number of nitrogens with zero attached hydrogens (tertiary/aromatic N) is 4. The summed E-state index contributed by atoms with van der Waals surface area (Å²) in [5.41, 5.74) is 0.0372. The Labute approximate surface area is 184 Å². The molecule has 1 aliphatic rings. The monoisotopic (exact) mass is 445 g/mol. The van der Waals surface area contributed by atoms with Crippen LogP contribution in [0.2, 0.25) is 0 Å². The molecule has 2 aromatic heterocycles. The van der Waals surface area contributed by atoms with Gasteiger partial charge in [0.05, 0.1) is 5.56 Å². The number of anilines is 2. The van der Waals surface area contributed by atoms with Gasteiger partial charge in [-0.1, -0.05) is 13.0 Å². The van der Waals surface area contributed by atoms with Crippen LogP contribution in [0, 0.1) is 5.92 Å². The first-order chi connectivity index (χ1) is 14.6. The normalized spacial score (nSPS) is 18.1. The molecule has 1 aliphatic heterocycles. The maximum Gasteiger partial charge on any atom is 0.281 e. The van der Waals surface area contributed by atoms with Gasteiger partial charge in [-0.15, -0.1) is 0 Å². The first-order valence-corrected chi connectivity index (χ1v) is 12.1. The molecule has 3 rings (SSSR count). The van der Waals surface area contributed by atoms with E-state index in [9.17, 15) is 13.2 Å². The molecule has 0 spiro atoms. The topological polar surface area (TPSA) is 95.5 Å². The zero-order chi connectivity index (χ0) is 22.8. The summed E-state index contributed by atoms with van der Waals surface area (Å²) in [6.45, 7) is 12.5. The van der Waals surface area contributed by atoms with Gasteiger partial charge >= 0.3 is 0 Å². The number of hydrogen-bond acceptors (Lipinski definition) is 7. The van der Waals surface area contributed by atoms with Crippen LogP contribution in [-0.4, -0.2) is 49.5 Å². The number of carbonyl (C=O) groups is 1. The van der Waals surface area contributed by atoms with Gasteiger partial charge in [-0.05, 0) is 64.3 Å². The summed E-state index contributed by atoms with van der Waals surface area (Å²) in [6, 6.07) is 8.01. The number of aromatic nitrogens is 2. The van der Waals surface area contributed by atoms with Gasteiger partial charge in [0.25, 0.3) is 15.9 Å². The lowest BCUT2D eigenvalue weighted by Gasteiger charge is -2.36. The number of nitrogens with one attached hydrogen (secondary N) is 1. The first kappa shape index (κ1) is 23.0. The Morgan fingerprint density at radius 3 is 2.55 bits per heavy atom. The SMILES string of the molecule is CCN(CC)c1cccc(S(=O)(=O)NC(=O)c2cccnc2N2CCC(C)C2(C)C)n1. The number of carbonyl (C=O) groups excluding carboxylic acids is 1. The molecule has 168 valence electrons. The van der Waals surface area contributed by atoms with Crippen molar-refractivity contribution in [3.63, 3.8) is 0 Å². The predicted octanol–water partition coefficient (Wildman–Crippen LogP) is 3.07. The molecule has 3 heterocycles. The van der Waals surface area contributed by atoms with Gasteiger partial charge in [-0.2, -0.15) is 8.42 Å². The van der Waals surface area contributed by atoms with Crippen LogP contribution in [0.15, 0.2) is 41.6 Å². The lowest BCUT2D eigenvalue weighted by molar-refractivity contribution is 0.0981. The van der Waals surface area contributed by atoms with Gasteiger partial charge < -0.3 is 9.80 Å². The highest BCUT2D eigenvalue weighted by atomic mass is 32.2. The molecule has 31 heavy (non-hydrogen) atoms. The maximum absolute atomic E-state index is 13.0. The van der Waals surface area contributed by atoms with Crippen molar-refractivity contribution >= 4 is 27.6 Å². The van der Waals surface area contributed by atoms with Gasteiger partial charge in [0.2, 0.25) is 0 Å². The Morgan fingerprint density at radius 2 is 1.94 bits per heavy atom. The third-order valence-electron chi connectivity index (χ3n) is 6.27. The van der Waals surface area contributed by atoms with Gasteiger partial charge in [0, 0.05) is 31.4 Å². The van der Waals surface area contributed by atoms with Crippen molar-refractivity contribution in [2.45, 2.75) is 51.6 Å². The fourth-order valence-corrected chi connectivity index (χ4v) is 4.83. The molecule has 1 amide bonds. The van der Waals surface area contributed by atoms with Crippen LogP contribution in [0.1, 0.15) is 51.4 Å². The molecular weight excluding hydrogens is 414 g/mol. The van der Waals surface area contributed by atoms with Crippen LogP contribution in [-0.2, 0) is 10.0 Å².